The molecule has 0 aliphatic carbocycles. The maximum atomic E-state index is 13.0. The summed E-state index contributed by atoms with van der Waals surface area (Å²) in [5, 5.41) is 27.9. The summed E-state index contributed by atoms with van der Waals surface area (Å²) in [4.78, 5) is 15.0. The van der Waals surface area contributed by atoms with Gasteiger partial charge in [0.2, 0.25) is 0 Å². The van der Waals surface area contributed by atoms with Gasteiger partial charge in [-0.25, -0.2) is 0 Å². The van der Waals surface area contributed by atoms with Crippen LogP contribution in [-0.4, -0.2) is 39.5 Å². The second-order valence-electron chi connectivity index (χ2n) is 6.73. The third-order valence-electron chi connectivity index (χ3n) is 4.53. The molecule has 3 aromatic rings. The Morgan fingerprint density at radius 3 is 2.62 bits per heavy atom. The minimum absolute atomic E-state index is 0.0292. The van der Waals surface area contributed by atoms with E-state index in [4.69, 9.17) is 9.15 Å². The molecule has 0 bridgehead atoms. The van der Waals surface area contributed by atoms with Gasteiger partial charge in [-0.05, 0) is 71.4 Å². The standard InChI is InChI=1S/C23H19N3O5S/c1-30-20-11-16(6-9-19(20)28)13-24-25-23-26(14-18-3-2-10-31-18)22(29)21(32-23)12-15-4-7-17(27)8-5-15/h2-13,27-28H,14H2,1H3/b21-12-,24-13+,25-23-. The first-order valence-corrected chi connectivity index (χ1v) is 10.4. The highest BCUT2D eigenvalue weighted by Crippen LogP contribution is 2.34. The van der Waals surface area contributed by atoms with Crippen molar-refractivity contribution in [3.63, 3.8) is 0 Å². The number of hydrogen-bond acceptors (Lipinski definition) is 8. The fourth-order valence-electron chi connectivity index (χ4n) is 2.92. The smallest absolute Gasteiger partial charge is 0.267 e. The monoisotopic (exact) mass is 449 g/mol. The van der Waals surface area contributed by atoms with Gasteiger partial charge in [0.05, 0.1) is 31.0 Å². The molecule has 32 heavy (non-hydrogen) atoms. The summed E-state index contributed by atoms with van der Waals surface area (Å²) in [5.41, 5.74) is 1.45. The highest BCUT2D eigenvalue weighted by molar-refractivity contribution is 8.18. The molecule has 1 aliphatic rings. The fraction of sp³-hybridized carbons (Fsp3) is 0.0870. The SMILES string of the molecule is COc1cc(/C=N/N=C2\S/C(=C\c3ccc(O)cc3)C(=O)N2Cc2ccco2)ccc1O. The number of amidine groups is 1. The molecule has 9 heteroatoms. The number of amides is 1. The molecule has 1 amide bonds. The first-order chi connectivity index (χ1) is 15.5. The van der Waals surface area contributed by atoms with Crippen LogP contribution in [0.4, 0.5) is 0 Å². The first-order valence-electron chi connectivity index (χ1n) is 9.54. The summed E-state index contributed by atoms with van der Waals surface area (Å²) in [5.74, 6) is 0.899. The van der Waals surface area contributed by atoms with E-state index in [0.717, 1.165) is 5.56 Å². The second kappa shape index (κ2) is 9.44. The molecule has 0 radical (unpaired) electrons. The van der Waals surface area contributed by atoms with Crippen LogP contribution in [0.5, 0.6) is 17.2 Å². The average molecular weight is 449 g/mol. The first kappa shape index (κ1) is 21.3. The Hall–Kier alpha value is -3.98. The number of methoxy groups -OCH3 is 1. The van der Waals surface area contributed by atoms with E-state index in [1.807, 2.05) is 0 Å². The Labute approximate surface area is 188 Å². The zero-order valence-electron chi connectivity index (χ0n) is 17.0. The largest absolute Gasteiger partial charge is 0.508 e. The van der Waals surface area contributed by atoms with Crippen molar-refractivity contribution in [1.82, 2.24) is 4.90 Å². The maximum absolute atomic E-state index is 13.0. The Balaban J connectivity index is 1.61. The molecular formula is C23H19N3O5S. The number of thioether (sulfide) groups is 1. The topological polar surface area (TPSA) is 108 Å². The van der Waals surface area contributed by atoms with Crippen LogP contribution in [0, 0.1) is 0 Å². The number of nitrogens with zero attached hydrogens (tertiary/aromatic N) is 3. The van der Waals surface area contributed by atoms with Crippen LogP contribution in [-0.2, 0) is 11.3 Å². The van der Waals surface area contributed by atoms with Crippen molar-refractivity contribution in [3.05, 3.63) is 82.7 Å². The highest BCUT2D eigenvalue weighted by atomic mass is 32.2. The lowest BCUT2D eigenvalue weighted by Crippen LogP contribution is -2.28. The van der Waals surface area contributed by atoms with E-state index in [-0.39, 0.29) is 24.0 Å². The van der Waals surface area contributed by atoms with Gasteiger partial charge in [0.25, 0.3) is 5.91 Å². The van der Waals surface area contributed by atoms with E-state index in [1.54, 1.807) is 60.9 Å². The zero-order chi connectivity index (χ0) is 22.5. The number of carbonyl (C=O) groups excluding carboxylic acids is 1. The molecule has 0 unspecified atom stereocenters. The van der Waals surface area contributed by atoms with Crippen LogP contribution in [0.25, 0.3) is 6.08 Å². The lowest BCUT2D eigenvalue weighted by molar-refractivity contribution is -0.122. The van der Waals surface area contributed by atoms with Gasteiger partial charge in [0, 0.05) is 0 Å². The average Bonchev–Trinajstić information content (AvgIpc) is 3.41. The van der Waals surface area contributed by atoms with E-state index in [1.165, 1.54) is 36.1 Å². The molecular weight excluding hydrogens is 430 g/mol. The van der Waals surface area contributed by atoms with Gasteiger partial charge in [-0.1, -0.05) is 12.1 Å². The maximum Gasteiger partial charge on any atom is 0.267 e. The number of phenolic OH excluding ortho intramolecular Hbond substituents is 2. The number of hydrogen-bond donors (Lipinski definition) is 2. The van der Waals surface area contributed by atoms with Crippen LogP contribution in [0.15, 0.2) is 80.4 Å². The van der Waals surface area contributed by atoms with Gasteiger partial charge in [0.1, 0.15) is 11.5 Å². The molecule has 1 saturated heterocycles. The van der Waals surface area contributed by atoms with Crippen molar-refractivity contribution in [3.8, 4) is 17.2 Å². The minimum atomic E-state index is -0.222. The minimum Gasteiger partial charge on any atom is -0.508 e. The quantitative estimate of drug-likeness (QED) is 0.332. The predicted molar refractivity (Wildman–Crippen MR) is 123 cm³/mol. The molecule has 4 rings (SSSR count). The molecule has 2 aromatic carbocycles. The number of aromatic hydroxyl groups is 2. The molecule has 162 valence electrons. The Kier molecular flexibility index (Phi) is 6.27. The van der Waals surface area contributed by atoms with Crippen molar-refractivity contribution < 1.29 is 24.2 Å². The summed E-state index contributed by atoms with van der Waals surface area (Å²) in [6.07, 6.45) is 4.79. The zero-order valence-corrected chi connectivity index (χ0v) is 17.8. The highest BCUT2D eigenvalue weighted by Gasteiger charge is 2.34. The lowest BCUT2D eigenvalue weighted by atomic mass is 10.2. The summed E-state index contributed by atoms with van der Waals surface area (Å²) < 4.78 is 10.5. The van der Waals surface area contributed by atoms with Crippen LogP contribution >= 0.6 is 11.8 Å². The van der Waals surface area contributed by atoms with Crippen molar-refractivity contribution in [2.75, 3.05) is 7.11 Å². The number of furan rings is 1. The summed E-state index contributed by atoms with van der Waals surface area (Å²) in [6.45, 7) is 0.215. The van der Waals surface area contributed by atoms with Crippen LogP contribution in [0.1, 0.15) is 16.9 Å². The Bertz CT molecular complexity index is 1200. The molecule has 1 fully saturated rings. The Morgan fingerprint density at radius 2 is 1.91 bits per heavy atom. The van der Waals surface area contributed by atoms with E-state index in [0.29, 0.717) is 27.1 Å². The number of benzene rings is 2. The lowest BCUT2D eigenvalue weighted by Gasteiger charge is -2.12. The van der Waals surface area contributed by atoms with Crippen molar-refractivity contribution in [2.24, 2.45) is 10.2 Å². The van der Waals surface area contributed by atoms with Crippen molar-refractivity contribution in [1.29, 1.82) is 0 Å². The van der Waals surface area contributed by atoms with Crippen molar-refractivity contribution in [2.45, 2.75) is 6.54 Å². The second-order valence-corrected chi connectivity index (χ2v) is 7.74. The van der Waals surface area contributed by atoms with Gasteiger partial charge >= 0.3 is 0 Å². The van der Waals surface area contributed by atoms with E-state index in [9.17, 15) is 15.0 Å². The van der Waals surface area contributed by atoms with E-state index >= 15 is 0 Å². The number of rotatable bonds is 6. The summed E-state index contributed by atoms with van der Waals surface area (Å²) in [6, 6.07) is 14.9. The van der Waals surface area contributed by atoms with Crippen molar-refractivity contribution >= 4 is 35.1 Å². The molecule has 1 aliphatic heterocycles. The normalized spacial score (nSPS) is 16.5. The molecule has 8 nitrogen and oxygen atoms in total. The van der Waals surface area contributed by atoms with E-state index < -0.39 is 0 Å². The molecule has 0 saturated carbocycles. The van der Waals surface area contributed by atoms with Crippen LogP contribution in [0.3, 0.4) is 0 Å². The molecule has 0 spiro atoms. The van der Waals surface area contributed by atoms with Gasteiger partial charge in [-0.15, -0.1) is 5.10 Å². The van der Waals surface area contributed by atoms with Gasteiger partial charge in [-0.3, -0.25) is 9.69 Å². The summed E-state index contributed by atoms with van der Waals surface area (Å²) in [7, 11) is 1.46. The van der Waals surface area contributed by atoms with Gasteiger partial charge in [-0.2, -0.15) is 5.10 Å². The number of carbonyl (C=O) groups is 1. The predicted octanol–water partition coefficient (Wildman–Crippen LogP) is 4.21. The summed E-state index contributed by atoms with van der Waals surface area (Å²) >= 11 is 1.20. The third kappa shape index (κ3) is 4.84. The molecule has 1 aromatic heterocycles. The fourth-order valence-corrected chi connectivity index (χ4v) is 3.86. The van der Waals surface area contributed by atoms with Crippen LogP contribution in [0.2, 0.25) is 0 Å². The van der Waals surface area contributed by atoms with Gasteiger partial charge < -0.3 is 19.4 Å². The van der Waals surface area contributed by atoms with E-state index in [2.05, 4.69) is 10.2 Å². The number of ether oxygens (including phenoxy) is 1. The molecule has 2 heterocycles. The molecule has 0 atom stereocenters. The van der Waals surface area contributed by atoms with Gasteiger partial charge in [0.15, 0.2) is 16.7 Å². The molecule has 2 N–H and O–H groups in total. The van der Waals surface area contributed by atoms with Crippen LogP contribution < -0.4 is 4.74 Å². The number of phenols is 2. The Morgan fingerprint density at radius 1 is 1.12 bits per heavy atom. The third-order valence-corrected chi connectivity index (χ3v) is 5.52.